The SMILES string of the molecule is NC(=O)c1cc(-n2cncn2)nc2ccccc12. The van der Waals surface area contributed by atoms with Crippen LogP contribution in [0.4, 0.5) is 0 Å². The second kappa shape index (κ2) is 3.92. The number of primary amides is 1. The predicted molar refractivity (Wildman–Crippen MR) is 65.2 cm³/mol. The summed E-state index contributed by atoms with van der Waals surface area (Å²) >= 11 is 0. The lowest BCUT2D eigenvalue weighted by Crippen LogP contribution is -2.13. The number of nitrogens with two attached hydrogens (primary N) is 1. The lowest BCUT2D eigenvalue weighted by Gasteiger charge is -2.06. The van der Waals surface area contributed by atoms with Crippen molar-refractivity contribution in [3.63, 3.8) is 0 Å². The Morgan fingerprint density at radius 2 is 2.11 bits per heavy atom. The van der Waals surface area contributed by atoms with Crippen molar-refractivity contribution in [1.29, 1.82) is 0 Å². The van der Waals surface area contributed by atoms with Crippen LogP contribution in [0.5, 0.6) is 0 Å². The molecule has 6 nitrogen and oxygen atoms in total. The van der Waals surface area contributed by atoms with Crippen molar-refractivity contribution in [1.82, 2.24) is 19.7 Å². The largest absolute Gasteiger partial charge is 0.366 e. The summed E-state index contributed by atoms with van der Waals surface area (Å²) in [5.41, 5.74) is 6.51. The minimum atomic E-state index is -0.491. The van der Waals surface area contributed by atoms with E-state index in [0.29, 0.717) is 16.9 Å². The molecule has 1 aromatic carbocycles. The molecule has 0 aliphatic carbocycles. The van der Waals surface area contributed by atoms with E-state index in [1.165, 1.54) is 17.3 Å². The first-order valence-corrected chi connectivity index (χ1v) is 5.30. The number of amides is 1. The molecule has 0 radical (unpaired) electrons. The number of carbonyl (C=O) groups excluding carboxylic acids is 1. The van der Waals surface area contributed by atoms with E-state index in [1.807, 2.05) is 24.3 Å². The molecule has 2 N–H and O–H groups in total. The van der Waals surface area contributed by atoms with Crippen LogP contribution in [0.3, 0.4) is 0 Å². The summed E-state index contributed by atoms with van der Waals surface area (Å²) in [6.45, 7) is 0. The van der Waals surface area contributed by atoms with Crippen LogP contribution in [0, 0.1) is 0 Å². The lowest BCUT2D eigenvalue weighted by molar-refractivity contribution is 0.100. The zero-order chi connectivity index (χ0) is 12.5. The van der Waals surface area contributed by atoms with E-state index >= 15 is 0 Å². The van der Waals surface area contributed by atoms with Gasteiger partial charge in [-0.2, -0.15) is 5.10 Å². The Morgan fingerprint density at radius 1 is 1.28 bits per heavy atom. The summed E-state index contributed by atoms with van der Waals surface area (Å²) in [5, 5.41) is 4.72. The molecule has 0 saturated carbocycles. The molecule has 0 spiro atoms. The van der Waals surface area contributed by atoms with Crippen LogP contribution in [0.1, 0.15) is 10.4 Å². The quantitative estimate of drug-likeness (QED) is 0.720. The molecule has 0 atom stereocenters. The minimum absolute atomic E-state index is 0.422. The number of rotatable bonds is 2. The molecule has 6 heteroatoms. The van der Waals surface area contributed by atoms with Gasteiger partial charge in [0, 0.05) is 5.39 Å². The van der Waals surface area contributed by atoms with Gasteiger partial charge >= 0.3 is 0 Å². The Hall–Kier alpha value is -2.76. The van der Waals surface area contributed by atoms with Crippen molar-refractivity contribution >= 4 is 16.8 Å². The van der Waals surface area contributed by atoms with Gasteiger partial charge < -0.3 is 5.73 Å². The number of fused-ring (bicyclic) bond motifs is 1. The summed E-state index contributed by atoms with van der Waals surface area (Å²) in [7, 11) is 0. The molecule has 88 valence electrons. The first-order valence-electron chi connectivity index (χ1n) is 5.30. The van der Waals surface area contributed by atoms with Crippen molar-refractivity contribution in [2.75, 3.05) is 0 Å². The highest BCUT2D eigenvalue weighted by Gasteiger charge is 2.11. The van der Waals surface area contributed by atoms with Crippen LogP contribution in [0.2, 0.25) is 0 Å². The fourth-order valence-corrected chi connectivity index (χ4v) is 1.81. The van der Waals surface area contributed by atoms with Crippen LogP contribution >= 0.6 is 0 Å². The predicted octanol–water partition coefficient (Wildman–Crippen LogP) is 0.914. The molecule has 0 aliphatic heterocycles. The molecule has 3 rings (SSSR count). The molecule has 1 amide bonds. The van der Waals surface area contributed by atoms with Crippen molar-refractivity contribution in [2.45, 2.75) is 0 Å². The van der Waals surface area contributed by atoms with Crippen LogP contribution in [-0.4, -0.2) is 25.7 Å². The maximum absolute atomic E-state index is 11.5. The maximum Gasteiger partial charge on any atom is 0.249 e. The standard InChI is InChI=1S/C12H9N5O/c13-12(18)9-5-11(17-7-14-6-15-17)16-10-4-2-1-3-8(9)10/h1-7H,(H2,13,18). The number of nitrogens with zero attached hydrogens (tertiary/aromatic N) is 4. The molecule has 2 heterocycles. The molecule has 0 fully saturated rings. The number of hydrogen-bond donors (Lipinski definition) is 1. The maximum atomic E-state index is 11.5. The second-order valence-electron chi connectivity index (χ2n) is 3.75. The fourth-order valence-electron chi connectivity index (χ4n) is 1.81. The lowest BCUT2D eigenvalue weighted by atomic mass is 10.1. The average molecular weight is 239 g/mol. The van der Waals surface area contributed by atoms with Gasteiger partial charge in [-0.3, -0.25) is 4.79 Å². The van der Waals surface area contributed by atoms with E-state index in [2.05, 4.69) is 15.1 Å². The second-order valence-corrected chi connectivity index (χ2v) is 3.75. The Balaban J connectivity index is 2.33. The van der Waals surface area contributed by atoms with E-state index in [9.17, 15) is 4.79 Å². The number of aromatic nitrogens is 4. The van der Waals surface area contributed by atoms with Gasteiger partial charge in [0.05, 0.1) is 11.1 Å². The Morgan fingerprint density at radius 3 is 2.83 bits per heavy atom. The fraction of sp³-hybridized carbons (Fsp3) is 0. The molecular formula is C12H9N5O. The average Bonchev–Trinajstić information content (AvgIpc) is 2.91. The molecular weight excluding hydrogens is 230 g/mol. The van der Waals surface area contributed by atoms with Crippen molar-refractivity contribution in [2.24, 2.45) is 5.73 Å². The van der Waals surface area contributed by atoms with Crippen molar-refractivity contribution < 1.29 is 4.79 Å². The Labute approximate surface area is 102 Å². The zero-order valence-corrected chi connectivity index (χ0v) is 9.32. The topological polar surface area (TPSA) is 86.7 Å². The van der Waals surface area contributed by atoms with Crippen molar-refractivity contribution in [3.8, 4) is 5.82 Å². The molecule has 2 aromatic heterocycles. The van der Waals surface area contributed by atoms with E-state index < -0.39 is 5.91 Å². The Bertz CT molecular complexity index is 720. The Kier molecular flexibility index (Phi) is 2.26. The van der Waals surface area contributed by atoms with Crippen LogP contribution in [0.25, 0.3) is 16.7 Å². The first-order chi connectivity index (χ1) is 8.75. The van der Waals surface area contributed by atoms with Crippen LogP contribution in [-0.2, 0) is 0 Å². The number of pyridine rings is 1. The summed E-state index contributed by atoms with van der Waals surface area (Å²) in [6, 6.07) is 8.94. The molecule has 0 bridgehead atoms. The highest BCUT2D eigenvalue weighted by molar-refractivity contribution is 6.05. The highest BCUT2D eigenvalue weighted by Crippen LogP contribution is 2.19. The van der Waals surface area contributed by atoms with E-state index in [-0.39, 0.29) is 0 Å². The summed E-state index contributed by atoms with van der Waals surface area (Å²) in [4.78, 5) is 19.7. The third-order valence-electron chi connectivity index (χ3n) is 2.62. The molecule has 0 aliphatic rings. The third kappa shape index (κ3) is 1.60. The van der Waals surface area contributed by atoms with Crippen molar-refractivity contribution in [3.05, 3.63) is 48.5 Å². The van der Waals surface area contributed by atoms with Gasteiger partial charge in [0.2, 0.25) is 5.91 Å². The summed E-state index contributed by atoms with van der Waals surface area (Å²) in [6.07, 6.45) is 2.92. The number of benzene rings is 1. The van der Waals surface area contributed by atoms with E-state index in [0.717, 1.165) is 5.39 Å². The van der Waals surface area contributed by atoms with Gasteiger partial charge in [0.25, 0.3) is 0 Å². The zero-order valence-electron chi connectivity index (χ0n) is 9.32. The normalized spacial score (nSPS) is 10.7. The number of para-hydroxylation sites is 1. The third-order valence-corrected chi connectivity index (χ3v) is 2.62. The van der Waals surface area contributed by atoms with Crippen LogP contribution in [0.15, 0.2) is 43.0 Å². The minimum Gasteiger partial charge on any atom is -0.366 e. The van der Waals surface area contributed by atoms with Crippen LogP contribution < -0.4 is 5.73 Å². The molecule has 0 saturated heterocycles. The van der Waals surface area contributed by atoms with Gasteiger partial charge in [-0.25, -0.2) is 14.6 Å². The highest BCUT2D eigenvalue weighted by atomic mass is 16.1. The van der Waals surface area contributed by atoms with Gasteiger partial charge in [0.15, 0.2) is 5.82 Å². The molecule has 0 unspecified atom stereocenters. The van der Waals surface area contributed by atoms with Gasteiger partial charge in [-0.1, -0.05) is 18.2 Å². The molecule has 3 aromatic rings. The van der Waals surface area contributed by atoms with E-state index in [1.54, 1.807) is 6.07 Å². The number of hydrogen-bond acceptors (Lipinski definition) is 4. The molecule has 18 heavy (non-hydrogen) atoms. The van der Waals surface area contributed by atoms with Gasteiger partial charge in [-0.15, -0.1) is 0 Å². The van der Waals surface area contributed by atoms with Gasteiger partial charge in [0.1, 0.15) is 12.7 Å². The smallest absolute Gasteiger partial charge is 0.249 e. The number of carbonyl (C=O) groups is 1. The van der Waals surface area contributed by atoms with Gasteiger partial charge in [-0.05, 0) is 12.1 Å². The first kappa shape index (κ1) is 10.4. The summed E-state index contributed by atoms with van der Waals surface area (Å²) < 4.78 is 1.48. The van der Waals surface area contributed by atoms with E-state index in [4.69, 9.17) is 5.73 Å². The monoisotopic (exact) mass is 239 g/mol. The summed E-state index contributed by atoms with van der Waals surface area (Å²) in [5.74, 6) is 0.0231.